The molecule has 0 aliphatic carbocycles. The van der Waals surface area contributed by atoms with Gasteiger partial charge in [0.1, 0.15) is 54.9 Å². The number of rotatable bonds is 10. The maximum atomic E-state index is 10.9. The van der Waals surface area contributed by atoms with Crippen LogP contribution in [0.4, 0.5) is 0 Å². The molecule has 13 heteroatoms. The van der Waals surface area contributed by atoms with Crippen LogP contribution in [-0.2, 0) is 52.1 Å². The fourth-order valence-electron chi connectivity index (χ4n) is 5.30. The summed E-state index contributed by atoms with van der Waals surface area (Å²) in [5, 5.41) is 21.4. The second-order valence-electron chi connectivity index (χ2n) is 9.55. The average Bonchev–Trinajstić information content (AvgIpc) is 2.89. The van der Waals surface area contributed by atoms with E-state index < -0.39 is 92.1 Å². The van der Waals surface area contributed by atoms with E-state index in [1.165, 1.54) is 35.5 Å². The van der Waals surface area contributed by atoms with Crippen molar-refractivity contribution in [1.29, 1.82) is 0 Å². The Kier molecular flexibility index (Phi) is 11.5. The molecule has 3 fully saturated rings. The van der Waals surface area contributed by atoms with Crippen LogP contribution in [0, 0.1) is 0 Å². The van der Waals surface area contributed by atoms with E-state index >= 15 is 0 Å². The quantitative estimate of drug-likeness (QED) is 0.366. The van der Waals surface area contributed by atoms with E-state index in [0.29, 0.717) is 0 Å². The van der Waals surface area contributed by atoms with Crippen LogP contribution in [0.1, 0.15) is 20.8 Å². The number of aliphatic hydroxyl groups is 2. The molecule has 0 amide bonds. The predicted molar refractivity (Wildman–Crippen MR) is 126 cm³/mol. The first kappa shape index (κ1) is 31.0. The zero-order valence-corrected chi connectivity index (χ0v) is 23.0. The van der Waals surface area contributed by atoms with Gasteiger partial charge in [-0.2, -0.15) is 0 Å². The molecule has 3 saturated heterocycles. The summed E-state index contributed by atoms with van der Waals surface area (Å²) in [6.45, 7) is 5.25. The first-order valence-electron chi connectivity index (χ1n) is 12.5. The molecule has 0 unspecified atom stereocenters. The van der Waals surface area contributed by atoms with E-state index in [0.717, 1.165) is 0 Å². The third-order valence-corrected chi connectivity index (χ3v) is 7.42. The third-order valence-electron chi connectivity index (χ3n) is 7.42. The number of ether oxygens (including phenoxy) is 11. The van der Waals surface area contributed by atoms with Crippen molar-refractivity contribution < 1.29 is 62.3 Å². The molecular formula is C24H44O13. The summed E-state index contributed by atoms with van der Waals surface area (Å²) >= 11 is 0. The Morgan fingerprint density at radius 1 is 0.405 bits per heavy atom. The Hall–Kier alpha value is -0.520. The van der Waals surface area contributed by atoms with Crippen molar-refractivity contribution in [3.8, 4) is 0 Å². The highest BCUT2D eigenvalue weighted by atomic mass is 16.8. The lowest BCUT2D eigenvalue weighted by Crippen LogP contribution is -2.66. The first-order valence-corrected chi connectivity index (χ1v) is 12.5. The summed E-state index contributed by atoms with van der Waals surface area (Å²) in [4.78, 5) is 0. The molecule has 15 atom stereocenters. The van der Waals surface area contributed by atoms with Gasteiger partial charge in [0, 0.05) is 42.7 Å². The van der Waals surface area contributed by atoms with Crippen molar-refractivity contribution >= 4 is 0 Å². The maximum absolute atomic E-state index is 10.9. The van der Waals surface area contributed by atoms with Crippen molar-refractivity contribution in [3.05, 3.63) is 0 Å². The molecule has 0 saturated carbocycles. The molecule has 0 aromatic heterocycles. The Morgan fingerprint density at radius 2 is 0.784 bits per heavy atom. The van der Waals surface area contributed by atoms with Gasteiger partial charge in [0.2, 0.25) is 0 Å². The molecule has 0 aromatic rings. The maximum Gasteiger partial charge on any atom is 0.187 e. The van der Waals surface area contributed by atoms with Crippen molar-refractivity contribution in [2.45, 2.75) is 113 Å². The zero-order chi connectivity index (χ0) is 27.4. The topological polar surface area (TPSA) is 142 Å². The lowest BCUT2D eigenvalue weighted by Gasteiger charge is -2.50. The molecule has 218 valence electrons. The largest absolute Gasteiger partial charge is 0.388 e. The van der Waals surface area contributed by atoms with Crippen LogP contribution >= 0.6 is 0 Å². The highest BCUT2D eigenvalue weighted by molar-refractivity contribution is 4.96. The van der Waals surface area contributed by atoms with E-state index in [2.05, 4.69) is 0 Å². The summed E-state index contributed by atoms with van der Waals surface area (Å²) in [6, 6.07) is 0. The summed E-state index contributed by atoms with van der Waals surface area (Å²) < 4.78 is 64.3. The van der Waals surface area contributed by atoms with Gasteiger partial charge >= 0.3 is 0 Å². The number of hydrogen-bond acceptors (Lipinski definition) is 13. The van der Waals surface area contributed by atoms with Gasteiger partial charge in [0.15, 0.2) is 18.9 Å². The Labute approximate surface area is 218 Å². The fraction of sp³-hybridized carbons (Fsp3) is 1.00. The minimum absolute atomic E-state index is 0.473. The van der Waals surface area contributed by atoms with Crippen molar-refractivity contribution in [2.24, 2.45) is 0 Å². The highest BCUT2D eigenvalue weighted by Crippen LogP contribution is 2.35. The number of hydrogen-bond donors (Lipinski definition) is 2. The molecule has 3 aliphatic heterocycles. The molecule has 3 heterocycles. The lowest BCUT2D eigenvalue weighted by molar-refractivity contribution is -0.386. The van der Waals surface area contributed by atoms with Gasteiger partial charge in [0.05, 0.1) is 18.3 Å². The minimum Gasteiger partial charge on any atom is -0.388 e. The van der Waals surface area contributed by atoms with Gasteiger partial charge in [-0.1, -0.05) is 0 Å². The lowest BCUT2D eigenvalue weighted by atomic mass is 9.96. The van der Waals surface area contributed by atoms with Gasteiger partial charge in [-0.3, -0.25) is 0 Å². The van der Waals surface area contributed by atoms with Crippen molar-refractivity contribution in [1.82, 2.24) is 0 Å². The molecule has 0 aromatic carbocycles. The Bertz CT molecular complexity index is 685. The standard InChI is InChI=1S/C24H44O13/c1-10-13(25)16(27-4)19(30-7)23(33-10)37-21-17(28-5)14(26)11(2)34-24(21)36-15-12(3)35-22(32-9)20(31-8)18(15)29-6/h10-26H,1-9H3/t10-,11-,12-,13-,14-,15-,16+,17+,18+,19+,20+,21+,22+,23-,24-/m0/s1. The van der Waals surface area contributed by atoms with E-state index in [-0.39, 0.29) is 0 Å². The van der Waals surface area contributed by atoms with Crippen LogP contribution in [-0.4, -0.2) is 145 Å². The fourth-order valence-corrected chi connectivity index (χ4v) is 5.30. The molecule has 0 bridgehead atoms. The van der Waals surface area contributed by atoms with Crippen molar-refractivity contribution in [2.75, 3.05) is 42.7 Å². The number of aliphatic hydroxyl groups excluding tert-OH is 2. The predicted octanol–water partition coefficient (Wildman–Crippen LogP) is -0.566. The van der Waals surface area contributed by atoms with Gasteiger partial charge in [0.25, 0.3) is 0 Å². The van der Waals surface area contributed by atoms with Gasteiger partial charge in [-0.25, -0.2) is 0 Å². The molecule has 0 radical (unpaired) electrons. The zero-order valence-electron chi connectivity index (χ0n) is 23.0. The molecule has 37 heavy (non-hydrogen) atoms. The van der Waals surface area contributed by atoms with Crippen LogP contribution in [0.3, 0.4) is 0 Å². The Balaban J connectivity index is 1.89. The number of methoxy groups -OCH3 is 6. The summed E-state index contributed by atoms with van der Waals surface area (Å²) in [5.41, 5.74) is 0. The highest BCUT2D eigenvalue weighted by Gasteiger charge is 2.54. The monoisotopic (exact) mass is 540 g/mol. The van der Waals surface area contributed by atoms with Crippen LogP contribution in [0.15, 0.2) is 0 Å². The van der Waals surface area contributed by atoms with Gasteiger partial charge in [-0.15, -0.1) is 0 Å². The van der Waals surface area contributed by atoms with Crippen LogP contribution < -0.4 is 0 Å². The first-order chi connectivity index (χ1) is 17.7. The third kappa shape index (κ3) is 6.30. The summed E-state index contributed by atoms with van der Waals surface area (Å²) in [7, 11) is 9.02. The molecular weight excluding hydrogens is 496 g/mol. The van der Waals surface area contributed by atoms with Crippen LogP contribution in [0.5, 0.6) is 0 Å². The van der Waals surface area contributed by atoms with Crippen LogP contribution in [0.2, 0.25) is 0 Å². The smallest absolute Gasteiger partial charge is 0.187 e. The average molecular weight is 541 g/mol. The second-order valence-corrected chi connectivity index (χ2v) is 9.55. The summed E-state index contributed by atoms with van der Waals surface area (Å²) in [5.74, 6) is 0. The van der Waals surface area contributed by atoms with Gasteiger partial charge < -0.3 is 62.3 Å². The van der Waals surface area contributed by atoms with E-state index in [1.807, 2.05) is 6.92 Å². The van der Waals surface area contributed by atoms with E-state index in [9.17, 15) is 10.2 Å². The molecule has 0 spiro atoms. The minimum atomic E-state index is -1.03. The Morgan fingerprint density at radius 3 is 1.24 bits per heavy atom. The SMILES string of the molecule is CO[C@@H]1O[C@@H](C)[C@H](O[C@@H]2O[C@@H](C)[C@H](O)[C@@H](OC)[C@H]2O[C@@H]2O[C@@H](C)[C@H](O)[C@@H](OC)[C@H]2OC)[C@@H](OC)[C@H]1OC. The molecule has 3 rings (SSSR count). The van der Waals surface area contributed by atoms with Crippen LogP contribution in [0.25, 0.3) is 0 Å². The molecule has 3 aliphatic rings. The second kappa shape index (κ2) is 13.7. The van der Waals surface area contributed by atoms with Crippen molar-refractivity contribution in [3.63, 3.8) is 0 Å². The van der Waals surface area contributed by atoms with E-state index in [4.69, 9.17) is 52.1 Å². The molecule has 2 N–H and O–H groups in total. The van der Waals surface area contributed by atoms with E-state index in [1.54, 1.807) is 21.0 Å². The van der Waals surface area contributed by atoms with Gasteiger partial charge in [-0.05, 0) is 20.8 Å². The molecule has 13 nitrogen and oxygen atoms in total. The summed E-state index contributed by atoms with van der Waals surface area (Å²) in [6.07, 6.45) is -11.5. The normalized spacial score (nSPS) is 49.2.